The zero-order valence-corrected chi connectivity index (χ0v) is 10.9. The third-order valence-corrected chi connectivity index (χ3v) is 2.88. The van der Waals surface area contributed by atoms with Gasteiger partial charge in [-0.1, -0.05) is 32.1 Å². The van der Waals surface area contributed by atoms with Crippen molar-refractivity contribution in [2.75, 3.05) is 13.7 Å². The highest BCUT2D eigenvalue weighted by Gasteiger charge is 2.24. The molecule has 0 bridgehead atoms. The number of benzene rings is 1. The van der Waals surface area contributed by atoms with Crippen LogP contribution in [0.25, 0.3) is 6.08 Å². The van der Waals surface area contributed by atoms with E-state index in [4.69, 9.17) is 9.84 Å². The van der Waals surface area contributed by atoms with Crippen LogP contribution in [0.15, 0.2) is 24.3 Å². The van der Waals surface area contributed by atoms with Gasteiger partial charge in [0.05, 0.1) is 19.8 Å². The molecule has 3 N–H and O–H groups in total. The SMILES string of the molecule is COc1cc(/C=C/C(O)C(C)(C)CO)ccc1O. The maximum absolute atomic E-state index is 9.89. The summed E-state index contributed by atoms with van der Waals surface area (Å²) in [4.78, 5) is 0. The van der Waals surface area contributed by atoms with E-state index < -0.39 is 11.5 Å². The lowest BCUT2D eigenvalue weighted by molar-refractivity contribution is 0.0387. The molecule has 0 aliphatic heterocycles. The number of aromatic hydroxyl groups is 1. The molecule has 4 heteroatoms. The molecular weight excluding hydrogens is 232 g/mol. The van der Waals surface area contributed by atoms with Crippen LogP contribution >= 0.6 is 0 Å². The summed E-state index contributed by atoms with van der Waals surface area (Å²) in [6, 6.07) is 4.92. The Labute approximate surface area is 107 Å². The van der Waals surface area contributed by atoms with Crippen molar-refractivity contribution in [2.45, 2.75) is 20.0 Å². The molecule has 1 unspecified atom stereocenters. The van der Waals surface area contributed by atoms with Crippen LogP contribution < -0.4 is 4.74 Å². The smallest absolute Gasteiger partial charge is 0.161 e. The van der Waals surface area contributed by atoms with Crippen LogP contribution in [-0.4, -0.2) is 35.1 Å². The molecule has 0 aromatic heterocycles. The van der Waals surface area contributed by atoms with E-state index in [1.165, 1.54) is 13.2 Å². The number of methoxy groups -OCH3 is 1. The lowest BCUT2D eigenvalue weighted by Crippen LogP contribution is -2.30. The number of aliphatic hydroxyl groups is 2. The molecule has 1 aromatic rings. The first kappa shape index (κ1) is 14.5. The first-order valence-electron chi connectivity index (χ1n) is 5.75. The minimum Gasteiger partial charge on any atom is -0.504 e. The summed E-state index contributed by atoms with van der Waals surface area (Å²) in [7, 11) is 1.48. The Morgan fingerprint density at radius 2 is 2.06 bits per heavy atom. The molecule has 0 saturated heterocycles. The minimum absolute atomic E-state index is 0.0749. The fourth-order valence-electron chi connectivity index (χ4n) is 1.35. The summed E-state index contributed by atoms with van der Waals surface area (Å²) in [5.41, 5.74) is 0.217. The zero-order valence-electron chi connectivity index (χ0n) is 10.9. The largest absolute Gasteiger partial charge is 0.504 e. The first-order valence-corrected chi connectivity index (χ1v) is 5.75. The molecule has 1 aromatic carbocycles. The van der Waals surface area contributed by atoms with Crippen molar-refractivity contribution in [3.05, 3.63) is 29.8 Å². The van der Waals surface area contributed by atoms with Gasteiger partial charge < -0.3 is 20.1 Å². The summed E-state index contributed by atoms with van der Waals surface area (Å²) in [6.07, 6.45) is 2.59. The molecule has 0 aliphatic carbocycles. The van der Waals surface area contributed by atoms with Gasteiger partial charge in [-0.2, -0.15) is 0 Å². The van der Waals surface area contributed by atoms with E-state index in [1.807, 2.05) is 0 Å². The average Bonchev–Trinajstić information content (AvgIpc) is 2.37. The van der Waals surface area contributed by atoms with Crippen molar-refractivity contribution in [3.63, 3.8) is 0 Å². The molecule has 0 amide bonds. The number of hydrogen-bond donors (Lipinski definition) is 3. The lowest BCUT2D eigenvalue weighted by atomic mass is 9.87. The van der Waals surface area contributed by atoms with E-state index in [-0.39, 0.29) is 12.4 Å². The fourth-order valence-corrected chi connectivity index (χ4v) is 1.35. The number of ether oxygens (including phenoxy) is 1. The third-order valence-electron chi connectivity index (χ3n) is 2.88. The van der Waals surface area contributed by atoms with Crippen LogP contribution in [0.4, 0.5) is 0 Å². The van der Waals surface area contributed by atoms with Crippen LogP contribution in [0.3, 0.4) is 0 Å². The maximum atomic E-state index is 9.89. The second-order valence-corrected chi connectivity index (χ2v) is 4.88. The molecule has 0 aliphatic rings. The van der Waals surface area contributed by atoms with E-state index in [9.17, 15) is 10.2 Å². The van der Waals surface area contributed by atoms with Gasteiger partial charge in [0.25, 0.3) is 0 Å². The highest BCUT2D eigenvalue weighted by atomic mass is 16.5. The standard InChI is InChI=1S/C14H20O4/c1-14(2,9-15)13(17)7-5-10-4-6-11(16)12(8-10)18-3/h4-8,13,15-17H,9H2,1-3H3/b7-5+. The number of hydrogen-bond acceptors (Lipinski definition) is 4. The van der Waals surface area contributed by atoms with Gasteiger partial charge in [0, 0.05) is 5.41 Å². The quantitative estimate of drug-likeness (QED) is 0.747. The molecule has 0 saturated carbocycles. The number of aliphatic hydroxyl groups excluding tert-OH is 2. The molecule has 1 rings (SSSR count). The Bertz CT molecular complexity index is 424. The molecule has 0 radical (unpaired) electrons. The summed E-state index contributed by atoms with van der Waals surface area (Å²) in [5.74, 6) is 0.457. The van der Waals surface area contributed by atoms with Crippen molar-refractivity contribution < 1.29 is 20.1 Å². The van der Waals surface area contributed by atoms with E-state index >= 15 is 0 Å². The van der Waals surface area contributed by atoms with E-state index in [2.05, 4.69) is 0 Å². The second-order valence-electron chi connectivity index (χ2n) is 4.88. The topological polar surface area (TPSA) is 69.9 Å². The summed E-state index contributed by atoms with van der Waals surface area (Å²) in [5, 5.41) is 28.5. The molecule has 1 atom stereocenters. The fraction of sp³-hybridized carbons (Fsp3) is 0.429. The minimum atomic E-state index is -0.748. The highest BCUT2D eigenvalue weighted by molar-refractivity contribution is 5.55. The van der Waals surface area contributed by atoms with Crippen LogP contribution in [0.1, 0.15) is 19.4 Å². The van der Waals surface area contributed by atoms with E-state index in [1.54, 1.807) is 38.1 Å². The van der Waals surface area contributed by atoms with Gasteiger partial charge in [-0.3, -0.25) is 0 Å². The molecule has 100 valence electrons. The van der Waals surface area contributed by atoms with Gasteiger partial charge >= 0.3 is 0 Å². The third kappa shape index (κ3) is 3.48. The predicted molar refractivity (Wildman–Crippen MR) is 70.6 cm³/mol. The Morgan fingerprint density at radius 3 is 2.61 bits per heavy atom. The van der Waals surface area contributed by atoms with Crippen LogP contribution in [0.2, 0.25) is 0 Å². The number of phenolic OH excluding ortho intramolecular Hbond substituents is 1. The zero-order chi connectivity index (χ0) is 13.8. The molecule has 18 heavy (non-hydrogen) atoms. The number of rotatable bonds is 5. The van der Waals surface area contributed by atoms with Gasteiger partial charge in [-0.15, -0.1) is 0 Å². The first-order chi connectivity index (χ1) is 8.40. The summed E-state index contributed by atoms with van der Waals surface area (Å²) >= 11 is 0. The van der Waals surface area contributed by atoms with Gasteiger partial charge in [0.1, 0.15) is 0 Å². The van der Waals surface area contributed by atoms with Crippen LogP contribution in [0, 0.1) is 5.41 Å². The molecule has 0 fully saturated rings. The Hall–Kier alpha value is -1.52. The lowest BCUT2D eigenvalue weighted by Gasteiger charge is -2.25. The van der Waals surface area contributed by atoms with Crippen molar-refractivity contribution in [1.82, 2.24) is 0 Å². The normalized spacial score (nSPS) is 13.8. The highest BCUT2D eigenvalue weighted by Crippen LogP contribution is 2.27. The Morgan fingerprint density at radius 1 is 1.39 bits per heavy atom. The van der Waals surface area contributed by atoms with E-state index in [0.29, 0.717) is 5.75 Å². The van der Waals surface area contributed by atoms with Gasteiger partial charge in [-0.25, -0.2) is 0 Å². The van der Waals surface area contributed by atoms with Crippen LogP contribution in [-0.2, 0) is 0 Å². The Kier molecular flexibility index (Phi) is 4.76. The van der Waals surface area contributed by atoms with Crippen LogP contribution in [0.5, 0.6) is 11.5 Å². The predicted octanol–water partition coefficient (Wildman–Crippen LogP) is 1.79. The van der Waals surface area contributed by atoms with Crippen molar-refractivity contribution >= 4 is 6.08 Å². The molecular formula is C14H20O4. The molecule has 4 nitrogen and oxygen atoms in total. The monoisotopic (exact) mass is 252 g/mol. The maximum Gasteiger partial charge on any atom is 0.161 e. The summed E-state index contributed by atoms with van der Waals surface area (Å²) in [6.45, 7) is 3.45. The van der Waals surface area contributed by atoms with Gasteiger partial charge in [0.15, 0.2) is 11.5 Å². The number of phenols is 1. The Balaban J connectivity index is 2.85. The molecule has 0 heterocycles. The van der Waals surface area contributed by atoms with Crippen molar-refractivity contribution in [3.8, 4) is 11.5 Å². The second kappa shape index (κ2) is 5.89. The van der Waals surface area contributed by atoms with E-state index in [0.717, 1.165) is 5.56 Å². The summed E-state index contributed by atoms with van der Waals surface area (Å²) < 4.78 is 4.99. The van der Waals surface area contributed by atoms with Crippen molar-refractivity contribution in [2.24, 2.45) is 5.41 Å². The van der Waals surface area contributed by atoms with Crippen molar-refractivity contribution in [1.29, 1.82) is 0 Å². The van der Waals surface area contributed by atoms with Gasteiger partial charge in [-0.05, 0) is 17.7 Å². The van der Waals surface area contributed by atoms with Gasteiger partial charge in [0.2, 0.25) is 0 Å². The average molecular weight is 252 g/mol. The molecule has 0 spiro atoms.